The minimum Gasteiger partial charge on any atom is -0.480 e. The molecule has 0 aromatic heterocycles. The van der Waals surface area contributed by atoms with E-state index in [9.17, 15) is 29.4 Å². The molecular formula is C32H53N5O6. The number of nitrogens with zero attached hydrogens (tertiary/aromatic N) is 3. The van der Waals surface area contributed by atoms with Gasteiger partial charge in [-0.3, -0.25) is 19.3 Å². The fourth-order valence-corrected chi connectivity index (χ4v) is 5.91. The van der Waals surface area contributed by atoms with Crippen LogP contribution in [0.4, 0.5) is 0 Å². The number of β-amino-alcohol motifs (C(OH)–C–C–N with tert-alkyl or cyclic N) is 1. The average molecular weight is 604 g/mol. The predicted molar refractivity (Wildman–Crippen MR) is 166 cm³/mol. The van der Waals surface area contributed by atoms with Crippen LogP contribution in [0.5, 0.6) is 0 Å². The van der Waals surface area contributed by atoms with Crippen molar-refractivity contribution in [2.45, 2.75) is 90.6 Å². The van der Waals surface area contributed by atoms with E-state index in [0.29, 0.717) is 6.54 Å². The second-order valence-corrected chi connectivity index (χ2v) is 13.9. The maximum absolute atomic E-state index is 14.1. The SMILES string of the molecule is CNC(C(=O)NC(C(=O)N(C)C(CN(C)CC(=O)N1CC(O)CC1C(=O)O)C(C)C)C(C)(C)C)C(C)(C)c1ccccc1. The van der Waals surface area contributed by atoms with Crippen molar-refractivity contribution < 1.29 is 29.4 Å². The zero-order valence-corrected chi connectivity index (χ0v) is 27.5. The van der Waals surface area contributed by atoms with Gasteiger partial charge in [0.2, 0.25) is 17.7 Å². The lowest BCUT2D eigenvalue weighted by Crippen LogP contribution is -2.62. The van der Waals surface area contributed by atoms with Crippen molar-refractivity contribution in [1.82, 2.24) is 25.3 Å². The van der Waals surface area contributed by atoms with Gasteiger partial charge in [0.15, 0.2) is 0 Å². The molecule has 1 aromatic carbocycles. The predicted octanol–water partition coefficient (Wildman–Crippen LogP) is 1.54. The van der Waals surface area contributed by atoms with Crippen molar-refractivity contribution in [3.05, 3.63) is 35.9 Å². The molecule has 0 radical (unpaired) electrons. The van der Waals surface area contributed by atoms with Gasteiger partial charge < -0.3 is 30.6 Å². The highest BCUT2D eigenvalue weighted by atomic mass is 16.4. The largest absolute Gasteiger partial charge is 0.480 e. The van der Waals surface area contributed by atoms with E-state index in [2.05, 4.69) is 10.6 Å². The van der Waals surface area contributed by atoms with E-state index in [1.807, 2.05) is 78.8 Å². The fraction of sp³-hybridized carbons (Fsp3) is 0.688. The van der Waals surface area contributed by atoms with Crippen LogP contribution in [0.25, 0.3) is 0 Å². The number of hydrogen-bond donors (Lipinski definition) is 4. The normalized spacial score (nSPS) is 19.7. The van der Waals surface area contributed by atoms with Gasteiger partial charge in [-0.25, -0.2) is 4.79 Å². The summed E-state index contributed by atoms with van der Waals surface area (Å²) in [5.41, 5.74) is -0.156. The summed E-state index contributed by atoms with van der Waals surface area (Å²) < 4.78 is 0. The highest BCUT2D eigenvalue weighted by molar-refractivity contribution is 5.91. The Bertz CT molecular complexity index is 1120. The first-order valence-corrected chi connectivity index (χ1v) is 15.0. The Labute approximate surface area is 257 Å². The molecule has 242 valence electrons. The van der Waals surface area contributed by atoms with E-state index in [4.69, 9.17) is 0 Å². The first kappa shape index (κ1) is 36.2. The highest BCUT2D eigenvalue weighted by Gasteiger charge is 2.42. The summed E-state index contributed by atoms with van der Waals surface area (Å²) in [7, 11) is 5.21. The molecule has 3 amide bonds. The van der Waals surface area contributed by atoms with E-state index in [1.54, 1.807) is 30.9 Å². The number of aliphatic hydroxyl groups is 1. The number of amides is 3. The van der Waals surface area contributed by atoms with Crippen LogP contribution < -0.4 is 10.6 Å². The van der Waals surface area contributed by atoms with Crippen LogP contribution in [0.3, 0.4) is 0 Å². The van der Waals surface area contributed by atoms with Crippen molar-refractivity contribution in [2.24, 2.45) is 11.3 Å². The standard InChI is InChI=1S/C32H53N5O6/c1-20(2)24(18-35(9)19-25(39)37-17-22(38)16-23(37)30(42)43)36(10)29(41)27(31(3,4)5)34-28(40)26(33-8)32(6,7)21-14-12-11-13-15-21/h11-15,20,22-24,26-27,33,38H,16-19H2,1-10H3,(H,34,40)(H,42,43). The Kier molecular flexibility index (Phi) is 12.3. The molecule has 1 fully saturated rings. The van der Waals surface area contributed by atoms with Crippen molar-refractivity contribution in [1.29, 1.82) is 0 Å². The van der Waals surface area contributed by atoms with Crippen molar-refractivity contribution >= 4 is 23.7 Å². The summed E-state index contributed by atoms with van der Waals surface area (Å²) >= 11 is 0. The molecule has 1 aliphatic rings. The molecule has 5 atom stereocenters. The molecule has 5 unspecified atom stereocenters. The second-order valence-electron chi connectivity index (χ2n) is 13.9. The Morgan fingerprint density at radius 3 is 2.09 bits per heavy atom. The van der Waals surface area contributed by atoms with Crippen LogP contribution in [-0.4, -0.2) is 120 Å². The maximum Gasteiger partial charge on any atom is 0.326 e. The zero-order valence-electron chi connectivity index (χ0n) is 27.5. The smallest absolute Gasteiger partial charge is 0.326 e. The van der Waals surface area contributed by atoms with Gasteiger partial charge in [-0.15, -0.1) is 0 Å². The topological polar surface area (TPSA) is 143 Å². The molecule has 1 heterocycles. The van der Waals surface area contributed by atoms with Gasteiger partial charge in [0, 0.05) is 38.0 Å². The summed E-state index contributed by atoms with van der Waals surface area (Å²) in [4.78, 5) is 57.0. The number of nitrogens with one attached hydrogen (secondary N) is 2. The van der Waals surface area contributed by atoms with Gasteiger partial charge in [0.25, 0.3) is 0 Å². The minimum atomic E-state index is -1.14. The number of carbonyl (C=O) groups is 4. The summed E-state index contributed by atoms with van der Waals surface area (Å²) in [6, 6.07) is 7.01. The number of hydrogen-bond acceptors (Lipinski definition) is 7. The van der Waals surface area contributed by atoms with Crippen LogP contribution >= 0.6 is 0 Å². The lowest BCUT2D eigenvalue weighted by molar-refractivity contribution is -0.148. The van der Waals surface area contributed by atoms with Crippen molar-refractivity contribution in [3.63, 3.8) is 0 Å². The van der Waals surface area contributed by atoms with Gasteiger partial charge >= 0.3 is 5.97 Å². The lowest BCUT2D eigenvalue weighted by atomic mass is 9.76. The van der Waals surface area contributed by atoms with E-state index in [1.165, 1.54) is 4.90 Å². The number of carboxylic acid groups (broad SMARTS) is 1. The Hall–Kier alpha value is -3.02. The van der Waals surface area contributed by atoms with Crippen molar-refractivity contribution in [2.75, 3.05) is 40.8 Å². The van der Waals surface area contributed by atoms with Crippen LogP contribution in [0.1, 0.15) is 60.5 Å². The highest BCUT2D eigenvalue weighted by Crippen LogP contribution is 2.29. The molecule has 11 nitrogen and oxygen atoms in total. The number of aliphatic hydroxyl groups excluding tert-OH is 1. The third-order valence-corrected chi connectivity index (χ3v) is 8.59. The van der Waals surface area contributed by atoms with Gasteiger partial charge in [0.1, 0.15) is 12.1 Å². The maximum atomic E-state index is 14.1. The molecule has 4 N–H and O–H groups in total. The third-order valence-electron chi connectivity index (χ3n) is 8.59. The molecule has 2 rings (SSSR count). The van der Waals surface area contributed by atoms with Gasteiger partial charge in [0.05, 0.1) is 18.7 Å². The second kappa shape index (κ2) is 14.6. The number of aliphatic carboxylic acids is 1. The molecule has 0 saturated carbocycles. The molecule has 1 saturated heterocycles. The Morgan fingerprint density at radius 2 is 1.60 bits per heavy atom. The molecule has 0 bridgehead atoms. The molecule has 0 spiro atoms. The van der Waals surface area contributed by atoms with E-state index in [-0.39, 0.29) is 49.2 Å². The minimum absolute atomic E-state index is 0.00744. The molecule has 11 heteroatoms. The van der Waals surface area contributed by atoms with Gasteiger partial charge in [-0.1, -0.05) is 78.8 Å². The molecule has 1 aliphatic heterocycles. The molecule has 1 aromatic rings. The average Bonchev–Trinajstić information content (AvgIpc) is 3.31. The van der Waals surface area contributed by atoms with Crippen LogP contribution in [0, 0.1) is 11.3 Å². The van der Waals surface area contributed by atoms with Crippen LogP contribution in [0.2, 0.25) is 0 Å². The summed E-state index contributed by atoms with van der Waals surface area (Å²) in [5.74, 6) is -2.02. The monoisotopic (exact) mass is 603 g/mol. The zero-order chi connectivity index (χ0) is 32.9. The molecule has 0 aliphatic carbocycles. The third kappa shape index (κ3) is 9.00. The molecular weight excluding hydrogens is 550 g/mol. The lowest BCUT2D eigenvalue weighted by Gasteiger charge is -2.41. The number of rotatable bonds is 13. The number of carbonyl (C=O) groups excluding carboxylic acids is 3. The number of benzene rings is 1. The quantitative estimate of drug-likeness (QED) is 0.266. The number of likely N-dealkylation sites (N-methyl/N-ethyl adjacent to an activating group) is 3. The Balaban J connectivity index is 2.21. The first-order valence-electron chi connectivity index (χ1n) is 15.0. The van der Waals surface area contributed by atoms with Crippen LogP contribution in [0.15, 0.2) is 30.3 Å². The summed E-state index contributed by atoms with van der Waals surface area (Å²) in [6.45, 7) is 14.0. The Morgan fingerprint density at radius 1 is 1.02 bits per heavy atom. The summed E-state index contributed by atoms with van der Waals surface area (Å²) in [6.07, 6.45) is -0.860. The van der Waals surface area contributed by atoms with Crippen molar-refractivity contribution in [3.8, 4) is 0 Å². The van der Waals surface area contributed by atoms with E-state index >= 15 is 0 Å². The van der Waals surface area contributed by atoms with E-state index in [0.717, 1.165) is 5.56 Å². The number of carboxylic acids is 1. The first-order chi connectivity index (χ1) is 19.8. The van der Waals surface area contributed by atoms with Crippen LogP contribution in [-0.2, 0) is 24.6 Å². The fourth-order valence-electron chi connectivity index (χ4n) is 5.91. The van der Waals surface area contributed by atoms with E-state index < -0.39 is 41.0 Å². The van der Waals surface area contributed by atoms with Gasteiger partial charge in [-0.05, 0) is 31.0 Å². The number of likely N-dealkylation sites (tertiary alicyclic amines) is 1. The van der Waals surface area contributed by atoms with Gasteiger partial charge in [-0.2, -0.15) is 0 Å². The molecule has 43 heavy (non-hydrogen) atoms. The summed E-state index contributed by atoms with van der Waals surface area (Å²) in [5, 5.41) is 25.6.